The Balaban J connectivity index is 1.66. The van der Waals surface area contributed by atoms with E-state index in [1.807, 2.05) is 48.7 Å². The Kier molecular flexibility index (Phi) is 6.26. The number of nitrogens with zero attached hydrogens (tertiary/aromatic N) is 9. The van der Waals surface area contributed by atoms with Crippen LogP contribution in [0.5, 0.6) is 0 Å². The van der Waals surface area contributed by atoms with Crippen LogP contribution in [0.3, 0.4) is 0 Å². The predicted octanol–water partition coefficient (Wildman–Crippen LogP) is 4.37. The fourth-order valence-electron chi connectivity index (χ4n) is 6.27. The number of ether oxygens (including phenoxy) is 1. The average molecular weight is 595 g/mol. The first-order valence-electron chi connectivity index (χ1n) is 13.9. The van der Waals surface area contributed by atoms with Crippen molar-refractivity contribution in [3.8, 4) is 0 Å². The van der Waals surface area contributed by atoms with Crippen molar-refractivity contribution < 1.29 is 13.7 Å². The van der Waals surface area contributed by atoms with Crippen LogP contribution in [0.15, 0.2) is 132 Å². The molecule has 13 nitrogen and oxygen atoms in total. The molecule has 1 aliphatic rings. The molecule has 0 radical (unpaired) electrons. The van der Waals surface area contributed by atoms with E-state index >= 15 is 0 Å². The molecular weight excluding hydrogens is 572 g/mol. The van der Waals surface area contributed by atoms with Gasteiger partial charge in [-0.05, 0) is 42.5 Å². The minimum Gasteiger partial charge on any atom is -0.467 e. The molecular formula is C32H22N10O3. The number of hydrogen-bond acceptors (Lipinski definition) is 12. The van der Waals surface area contributed by atoms with Gasteiger partial charge in [0, 0.05) is 60.7 Å². The first-order chi connectivity index (χ1) is 22.3. The molecule has 13 heteroatoms. The molecule has 3 atom stereocenters. The van der Waals surface area contributed by atoms with Gasteiger partial charge in [0.2, 0.25) is 11.5 Å². The van der Waals surface area contributed by atoms with Crippen molar-refractivity contribution in [1.82, 2.24) is 50.2 Å². The summed E-state index contributed by atoms with van der Waals surface area (Å²) in [7, 11) is 0. The summed E-state index contributed by atoms with van der Waals surface area (Å²) in [5.74, 6) is 0.0798. The highest BCUT2D eigenvalue weighted by molar-refractivity contribution is 5.92. The third kappa shape index (κ3) is 3.90. The summed E-state index contributed by atoms with van der Waals surface area (Å²) in [4.78, 5) is 32.1. The molecule has 0 spiro atoms. The van der Waals surface area contributed by atoms with Crippen LogP contribution in [0.25, 0.3) is 11.3 Å². The van der Waals surface area contributed by atoms with Gasteiger partial charge in [-0.3, -0.25) is 15.0 Å². The fraction of sp³-hybridized carbons (Fsp3) is 0.0938. The second kappa shape index (κ2) is 10.7. The summed E-state index contributed by atoms with van der Waals surface area (Å²) < 4.78 is 18.9. The maximum Gasteiger partial charge on any atom is 0.246 e. The SMILES string of the molecule is c1ccc(C2=C(c3ccon3)OC(c3cnccn3)(c3ncco3)C(c3ncccn3)(c3ccc[nH]3)C2c2cccnn2)nc1. The van der Waals surface area contributed by atoms with Crippen molar-refractivity contribution in [3.05, 3.63) is 163 Å². The van der Waals surface area contributed by atoms with Gasteiger partial charge in [0.25, 0.3) is 0 Å². The molecule has 7 aromatic heterocycles. The lowest BCUT2D eigenvalue weighted by Gasteiger charge is -2.53. The smallest absolute Gasteiger partial charge is 0.246 e. The number of pyridine rings is 1. The first kappa shape index (κ1) is 26.3. The van der Waals surface area contributed by atoms with Crippen LogP contribution in [-0.4, -0.2) is 50.2 Å². The number of nitrogens with one attached hydrogen (secondary N) is 1. The average Bonchev–Trinajstić information content (AvgIpc) is 3.94. The van der Waals surface area contributed by atoms with E-state index in [4.69, 9.17) is 43.7 Å². The number of H-pyrrole nitrogens is 1. The molecule has 0 fully saturated rings. The van der Waals surface area contributed by atoms with Crippen LogP contribution in [0.1, 0.15) is 46.1 Å². The number of oxazole rings is 1. The lowest BCUT2D eigenvalue weighted by atomic mass is 9.54. The van der Waals surface area contributed by atoms with Gasteiger partial charge in [-0.15, -0.1) is 0 Å². The molecule has 3 unspecified atom stereocenters. The molecule has 1 N–H and O–H groups in total. The predicted molar refractivity (Wildman–Crippen MR) is 156 cm³/mol. The van der Waals surface area contributed by atoms with Gasteiger partial charge in [-0.25, -0.2) is 15.0 Å². The maximum absolute atomic E-state index is 7.37. The normalized spacial score (nSPS) is 21.4. The van der Waals surface area contributed by atoms with Gasteiger partial charge in [0.05, 0.1) is 29.7 Å². The third-order valence-electron chi connectivity index (χ3n) is 7.88. The lowest BCUT2D eigenvalue weighted by Crippen LogP contribution is -2.60. The van der Waals surface area contributed by atoms with Crippen LogP contribution >= 0.6 is 0 Å². The molecule has 8 heterocycles. The highest BCUT2D eigenvalue weighted by atomic mass is 16.5. The largest absolute Gasteiger partial charge is 0.467 e. The molecule has 45 heavy (non-hydrogen) atoms. The van der Waals surface area contributed by atoms with E-state index in [2.05, 4.69) is 20.2 Å². The van der Waals surface area contributed by atoms with Crippen LogP contribution in [0.2, 0.25) is 0 Å². The number of rotatable bonds is 7. The third-order valence-corrected chi connectivity index (χ3v) is 7.88. The van der Waals surface area contributed by atoms with Crippen molar-refractivity contribution in [3.63, 3.8) is 0 Å². The molecule has 1 aliphatic heterocycles. The van der Waals surface area contributed by atoms with E-state index in [1.165, 1.54) is 12.5 Å². The highest BCUT2D eigenvalue weighted by Crippen LogP contribution is 2.66. The topological polar surface area (TPSA) is 167 Å². The van der Waals surface area contributed by atoms with E-state index in [0.29, 0.717) is 45.6 Å². The monoisotopic (exact) mass is 594 g/mol. The maximum atomic E-state index is 7.37. The molecule has 7 aromatic rings. The van der Waals surface area contributed by atoms with Crippen molar-refractivity contribution >= 4 is 11.3 Å². The number of aromatic amines is 1. The fourth-order valence-corrected chi connectivity index (χ4v) is 6.27. The number of allylic oxidation sites excluding steroid dienone is 1. The Morgan fingerprint density at radius 2 is 1.67 bits per heavy atom. The van der Waals surface area contributed by atoms with Crippen LogP contribution in [-0.2, 0) is 15.8 Å². The number of aromatic nitrogens is 10. The molecule has 0 saturated carbocycles. The van der Waals surface area contributed by atoms with Gasteiger partial charge in [0.15, 0.2) is 5.76 Å². The molecule has 0 amide bonds. The van der Waals surface area contributed by atoms with Crippen LogP contribution in [0.4, 0.5) is 0 Å². The van der Waals surface area contributed by atoms with Gasteiger partial charge < -0.3 is 18.7 Å². The minimum atomic E-state index is -1.73. The summed E-state index contributed by atoms with van der Waals surface area (Å²) in [5.41, 5.74) is 0.00451. The molecule has 218 valence electrons. The second-order valence-corrected chi connectivity index (χ2v) is 10.1. The molecule has 0 aliphatic carbocycles. The summed E-state index contributed by atoms with van der Waals surface area (Å²) in [6.45, 7) is 0. The highest BCUT2D eigenvalue weighted by Gasteiger charge is 2.72. The van der Waals surface area contributed by atoms with Crippen molar-refractivity contribution in [1.29, 1.82) is 0 Å². The number of hydrogen-bond donors (Lipinski definition) is 1. The zero-order chi connectivity index (χ0) is 30.1. The lowest BCUT2D eigenvalue weighted by molar-refractivity contribution is -0.0376. The Hall–Kier alpha value is -6.37. The van der Waals surface area contributed by atoms with Crippen LogP contribution in [0, 0.1) is 0 Å². The molecule has 0 bridgehead atoms. The summed E-state index contributed by atoms with van der Waals surface area (Å²) in [5, 5.41) is 13.3. The van der Waals surface area contributed by atoms with Gasteiger partial charge in [-0.2, -0.15) is 10.2 Å². The Morgan fingerprint density at radius 3 is 2.36 bits per heavy atom. The Labute approximate surface area is 255 Å². The zero-order valence-corrected chi connectivity index (χ0v) is 23.4. The molecule has 0 saturated heterocycles. The van der Waals surface area contributed by atoms with E-state index in [9.17, 15) is 0 Å². The van der Waals surface area contributed by atoms with Crippen molar-refractivity contribution in [2.24, 2.45) is 0 Å². The molecule has 8 rings (SSSR count). The van der Waals surface area contributed by atoms with Gasteiger partial charge in [-0.1, -0.05) is 11.2 Å². The van der Waals surface area contributed by atoms with E-state index in [-0.39, 0.29) is 5.89 Å². The zero-order valence-electron chi connectivity index (χ0n) is 23.4. The van der Waals surface area contributed by atoms with Crippen molar-refractivity contribution in [2.75, 3.05) is 0 Å². The first-order valence-corrected chi connectivity index (χ1v) is 13.9. The van der Waals surface area contributed by atoms with Crippen molar-refractivity contribution in [2.45, 2.75) is 16.9 Å². The Bertz CT molecular complexity index is 2020. The van der Waals surface area contributed by atoms with Gasteiger partial charge >= 0.3 is 0 Å². The summed E-state index contributed by atoms with van der Waals surface area (Å²) in [6.07, 6.45) is 17.8. The van der Waals surface area contributed by atoms with Crippen LogP contribution < -0.4 is 0 Å². The van der Waals surface area contributed by atoms with E-state index in [0.717, 1.165) is 0 Å². The summed E-state index contributed by atoms with van der Waals surface area (Å²) >= 11 is 0. The molecule has 0 aromatic carbocycles. The van der Waals surface area contributed by atoms with E-state index in [1.54, 1.807) is 61.7 Å². The van der Waals surface area contributed by atoms with E-state index < -0.39 is 16.9 Å². The summed E-state index contributed by atoms with van der Waals surface area (Å²) in [6, 6.07) is 16.6. The minimum absolute atomic E-state index is 0.167. The quantitative estimate of drug-likeness (QED) is 0.277. The van der Waals surface area contributed by atoms with Gasteiger partial charge in [0.1, 0.15) is 35.2 Å². The second-order valence-electron chi connectivity index (χ2n) is 10.1. The standard InChI is InChI=1S/C32H22N10O3/c1-2-10-34-21(6-1)26-27(22-7-3-14-40-41-22)31(24-8-4-11-35-24,29-37-12-5-13-38-29)32(30-39-17-19-43-30,25-20-33-15-16-36-25)45-28(26)23-9-18-44-42-23/h1-20,27,35H. The Morgan fingerprint density at radius 1 is 0.733 bits per heavy atom.